The fourth-order valence-corrected chi connectivity index (χ4v) is 3.53. The molecule has 0 fully saturated rings. The number of thiazole rings is 1. The number of nitrogens with zero attached hydrogens (tertiary/aromatic N) is 4. The monoisotopic (exact) mass is 350 g/mol. The van der Waals surface area contributed by atoms with Gasteiger partial charge < -0.3 is 5.32 Å². The number of amides is 1. The van der Waals surface area contributed by atoms with Crippen molar-refractivity contribution in [2.24, 2.45) is 0 Å². The fourth-order valence-electron chi connectivity index (χ4n) is 2.46. The van der Waals surface area contributed by atoms with Crippen molar-refractivity contribution in [1.82, 2.24) is 25.6 Å². The Balaban J connectivity index is 1.50. The molecule has 25 heavy (non-hydrogen) atoms. The number of fused-ring (bicyclic) bond motifs is 1. The van der Waals surface area contributed by atoms with Crippen LogP contribution in [0, 0.1) is 6.92 Å². The van der Waals surface area contributed by atoms with Crippen molar-refractivity contribution < 1.29 is 4.79 Å². The van der Waals surface area contributed by atoms with Gasteiger partial charge in [0.2, 0.25) is 5.91 Å². The normalized spacial score (nSPS) is 10.9. The third kappa shape index (κ3) is 3.38. The molecule has 0 aliphatic rings. The first-order chi connectivity index (χ1) is 12.2. The Labute approximate surface area is 147 Å². The number of benzene rings is 2. The molecule has 0 bridgehead atoms. The van der Waals surface area contributed by atoms with Crippen molar-refractivity contribution in [3.05, 3.63) is 53.9 Å². The summed E-state index contributed by atoms with van der Waals surface area (Å²) in [5, 5.41) is 17.1. The first-order valence-corrected chi connectivity index (χ1v) is 8.49. The van der Waals surface area contributed by atoms with Crippen molar-refractivity contribution in [3.63, 3.8) is 0 Å². The molecule has 4 aromatic rings. The number of carbonyl (C=O) groups is 1. The quantitative estimate of drug-likeness (QED) is 0.590. The summed E-state index contributed by atoms with van der Waals surface area (Å²) in [6, 6.07) is 13.9. The van der Waals surface area contributed by atoms with E-state index in [2.05, 4.69) is 50.0 Å². The van der Waals surface area contributed by atoms with Gasteiger partial charge in [-0.1, -0.05) is 11.3 Å². The standard InChI is InChI=1S/C17H14N6OS/c1-10-2-7-13-14(8-10)25-17(19-13)11-3-5-12(6-4-11)18-16(24)9-15-20-22-23-21-15/h2-8H,9H2,1H3,(H,18,24)(H,20,21,22,23). The summed E-state index contributed by atoms with van der Waals surface area (Å²) in [6.07, 6.45) is 0.0788. The van der Waals surface area contributed by atoms with Crippen LogP contribution in [0.5, 0.6) is 0 Å². The number of carbonyl (C=O) groups excluding carboxylic acids is 1. The summed E-state index contributed by atoms with van der Waals surface area (Å²) >= 11 is 1.66. The fraction of sp³-hybridized carbons (Fsp3) is 0.118. The highest BCUT2D eigenvalue weighted by molar-refractivity contribution is 7.21. The molecule has 0 atom stereocenters. The number of hydrogen-bond donors (Lipinski definition) is 2. The molecular formula is C17H14N6OS. The Kier molecular flexibility index (Phi) is 3.95. The van der Waals surface area contributed by atoms with Crippen LogP contribution in [0.3, 0.4) is 0 Å². The van der Waals surface area contributed by atoms with Crippen LogP contribution < -0.4 is 5.32 Å². The van der Waals surface area contributed by atoms with Gasteiger partial charge in [0.25, 0.3) is 0 Å². The van der Waals surface area contributed by atoms with Crippen molar-refractivity contribution >= 4 is 33.1 Å². The van der Waals surface area contributed by atoms with Gasteiger partial charge in [0.1, 0.15) is 5.01 Å². The van der Waals surface area contributed by atoms with E-state index < -0.39 is 0 Å². The lowest BCUT2D eigenvalue weighted by molar-refractivity contribution is -0.115. The van der Waals surface area contributed by atoms with E-state index in [0.717, 1.165) is 16.1 Å². The molecule has 0 spiro atoms. The highest BCUT2D eigenvalue weighted by Crippen LogP contribution is 2.31. The molecule has 2 N–H and O–H groups in total. The van der Waals surface area contributed by atoms with Crippen LogP contribution in [0.15, 0.2) is 42.5 Å². The highest BCUT2D eigenvalue weighted by Gasteiger charge is 2.09. The van der Waals surface area contributed by atoms with E-state index >= 15 is 0 Å². The van der Waals surface area contributed by atoms with Crippen molar-refractivity contribution in [1.29, 1.82) is 0 Å². The Hall–Kier alpha value is -3.13. The second-order valence-electron chi connectivity index (χ2n) is 5.62. The average molecular weight is 350 g/mol. The van der Waals surface area contributed by atoms with Crippen LogP contribution in [-0.4, -0.2) is 31.5 Å². The molecule has 0 radical (unpaired) electrons. The maximum absolute atomic E-state index is 11.9. The number of aromatic nitrogens is 5. The Bertz CT molecular complexity index is 1020. The second kappa shape index (κ2) is 6.40. The van der Waals surface area contributed by atoms with E-state index in [1.807, 2.05) is 30.3 Å². The highest BCUT2D eigenvalue weighted by atomic mass is 32.1. The van der Waals surface area contributed by atoms with Crippen LogP contribution in [0.25, 0.3) is 20.8 Å². The van der Waals surface area contributed by atoms with Crippen molar-refractivity contribution in [2.45, 2.75) is 13.3 Å². The Morgan fingerprint density at radius 2 is 2.04 bits per heavy atom. The number of hydrogen-bond acceptors (Lipinski definition) is 6. The molecule has 2 aromatic carbocycles. The van der Waals surface area contributed by atoms with Gasteiger partial charge in [-0.15, -0.1) is 21.5 Å². The van der Waals surface area contributed by atoms with Crippen LogP contribution >= 0.6 is 11.3 Å². The van der Waals surface area contributed by atoms with Gasteiger partial charge in [0.15, 0.2) is 5.82 Å². The Morgan fingerprint density at radius 1 is 1.20 bits per heavy atom. The van der Waals surface area contributed by atoms with Crippen molar-refractivity contribution in [2.75, 3.05) is 5.32 Å². The largest absolute Gasteiger partial charge is 0.326 e. The predicted octanol–water partition coefficient (Wildman–Crippen LogP) is 2.97. The predicted molar refractivity (Wildman–Crippen MR) is 96.3 cm³/mol. The van der Waals surface area contributed by atoms with Crippen molar-refractivity contribution in [3.8, 4) is 10.6 Å². The molecule has 124 valence electrons. The van der Waals surface area contributed by atoms with Crippen LogP contribution in [0.4, 0.5) is 5.69 Å². The SMILES string of the molecule is Cc1ccc2nc(-c3ccc(NC(=O)Cc4nn[nH]n4)cc3)sc2c1. The number of aryl methyl sites for hydroxylation is 1. The molecule has 0 aliphatic carbocycles. The summed E-state index contributed by atoms with van der Waals surface area (Å²) < 4.78 is 1.17. The van der Waals surface area contributed by atoms with Gasteiger partial charge in [-0.3, -0.25) is 4.79 Å². The van der Waals surface area contributed by atoms with Gasteiger partial charge in [-0.2, -0.15) is 5.21 Å². The summed E-state index contributed by atoms with van der Waals surface area (Å²) in [4.78, 5) is 16.6. The minimum absolute atomic E-state index is 0.0788. The molecule has 0 saturated carbocycles. The van der Waals surface area contributed by atoms with E-state index in [9.17, 15) is 4.79 Å². The van der Waals surface area contributed by atoms with Gasteiger partial charge in [0.05, 0.1) is 16.6 Å². The molecule has 7 nitrogen and oxygen atoms in total. The summed E-state index contributed by atoms with van der Waals surface area (Å²) in [5.74, 6) is 0.170. The third-order valence-corrected chi connectivity index (χ3v) is 4.73. The number of tetrazole rings is 1. The molecule has 1 amide bonds. The van der Waals surface area contributed by atoms with Crippen LogP contribution in [-0.2, 0) is 11.2 Å². The molecule has 2 aromatic heterocycles. The summed E-state index contributed by atoms with van der Waals surface area (Å²) in [6.45, 7) is 2.07. The smallest absolute Gasteiger partial charge is 0.232 e. The number of anilines is 1. The van der Waals surface area contributed by atoms with Gasteiger partial charge in [-0.25, -0.2) is 4.98 Å². The first-order valence-electron chi connectivity index (χ1n) is 7.67. The lowest BCUT2D eigenvalue weighted by Crippen LogP contribution is -2.15. The van der Waals surface area contributed by atoms with Gasteiger partial charge >= 0.3 is 0 Å². The average Bonchev–Trinajstić information content (AvgIpc) is 3.24. The van der Waals surface area contributed by atoms with Gasteiger partial charge in [-0.05, 0) is 48.9 Å². The minimum atomic E-state index is -0.190. The van der Waals surface area contributed by atoms with E-state index in [-0.39, 0.29) is 12.3 Å². The maximum Gasteiger partial charge on any atom is 0.232 e. The lowest BCUT2D eigenvalue weighted by atomic mass is 10.2. The molecule has 2 heterocycles. The summed E-state index contributed by atoms with van der Waals surface area (Å²) in [5.41, 5.74) is 3.97. The summed E-state index contributed by atoms with van der Waals surface area (Å²) in [7, 11) is 0. The number of aromatic amines is 1. The third-order valence-electron chi connectivity index (χ3n) is 3.67. The van der Waals surface area contributed by atoms with Crippen LogP contribution in [0.1, 0.15) is 11.4 Å². The molecular weight excluding hydrogens is 336 g/mol. The zero-order valence-corrected chi connectivity index (χ0v) is 14.2. The van der Waals surface area contributed by atoms with E-state index in [1.165, 1.54) is 10.3 Å². The lowest BCUT2D eigenvalue weighted by Gasteiger charge is -2.04. The van der Waals surface area contributed by atoms with Crippen LogP contribution in [0.2, 0.25) is 0 Å². The molecule has 0 saturated heterocycles. The number of rotatable bonds is 4. The molecule has 0 aliphatic heterocycles. The molecule has 0 unspecified atom stereocenters. The molecule has 4 rings (SSSR count). The number of H-pyrrole nitrogens is 1. The topological polar surface area (TPSA) is 96.5 Å². The van der Waals surface area contributed by atoms with E-state index in [0.29, 0.717) is 11.5 Å². The maximum atomic E-state index is 11.9. The minimum Gasteiger partial charge on any atom is -0.326 e. The zero-order chi connectivity index (χ0) is 17.2. The molecule has 8 heteroatoms. The van der Waals surface area contributed by atoms with Gasteiger partial charge in [0, 0.05) is 11.3 Å². The second-order valence-corrected chi connectivity index (χ2v) is 6.65. The van der Waals surface area contributed by atoms with E-state index in [1.54, 1.807) is 11.3 Å². The Morgan fingerprint density at radius 3 is 2.80 bits per heavy atom. The van der Waals surface area contributed by atoms with E-state index in [4.69, 9.17) is 0 Å². The number of nitrogens with one attached hydrogen (secondary N) is 2. The first kappa shape index (κ1) is 15.4. The zero-order valence-electron chi connectivity index (χ0n) is 13.4.